The molecule has 0 aromatic heterocycles. The third kappa shape index (κ3) is 4.28. The van der Waals surface area contributed by atoms with E-state index in [1.165, 1.54) is 0 Å². The standard InChI is InChI=1S/C16H16ClNO2/c17-13-7-9-14(10-8-13)18-15(16(19)20)11-6-12-4-2-1-3-5-12/h1-5,7-10,15,18H,6,11H2,(H,19,20). The molecule has 0 spiro atoms. The van der Waals surface area contributed by atoms with Gasteiger partial charge in [0.1, 0.15) is 6.04 Å². The van der Waals surface area contributed by atoms with Crippen LogP contribution in [-0.2, 0) is 11.2 Å². The first-order chi connectivity index (χ1) is 9.65. The Morgan fingerprint density at radius 3 is 2.35 bits per heavy atom. The van der Waals surface area contributed by atoms with Gasteiger partial charge in [0, 0.05) is 10.7 Å². The van der Waals surface area contributed by atoms with Gasteiger partial charge in [-0.2, -0.15) is 0 Å². The van der Waals surface area contributed by atoms with Gasteiger partial charge in [0.25, 0.3) is 0 Å². The fourth-order valence-corrected chi connectivity index (χ4v) is 2.09. The molecule has 0 fully saturated rings. The quantitative estimate of drug-likeness (QED) is 0.849. The van der Waals surface area contributed by atoms with Crippen LogP contribution in [0.1, 0.15) is 12.0 Å². The number of halogens is 1. The van der Waals surface area contributed by atoms with Crippen LogP contribution in [0.2, 0.25) is 5.02 Å². The predicted octanol–water partition coefficient (Wildman–Crippen LogP) is 3.84. The number of rotatable bonds is 6. The number of carbonyl (C=O) groups is 1. The number of aryl methyl sites for hydroxylation is 1. The molecule has 0 bridgehead atoms. The molecule has 0 radical (unpaired) electrons. The van der Waals surface area contributed by atoms with Gasteiger partial charge in [-0.05, 0) is 42.7 Å². The Hall–Kier alpha value is -2.00. The van der Waals surface area contributed by atoms with Crippen LogP contribution in [0.3, 0.4) is 0 Å². The van der Waals surface area contributed by atoms with Crippen molar-refractivity contribution in [1.29, 1.82) is 0 Å². The average molecular weight is 290 g/mol. The third-order valence-electron chi connectivity index (χ3n) is 3.05. The van der Waals surface area contributed by atoms with Crippen molar-refractivity contribution in [3.05, 3.63) is 65.2 Å². The zero-order chi connectivity index (χ0) is 14.4. The lowest BCUT2D eigenvalue weighted by Gasteiger charge is -2.15. The smallest absolute Gasteiger partial charge is 0.326 e. The van der Waals surface area contributed by atoms with Gasteiger partial charge < -0.3 is 10.4 Å². The Kier molecular flexibility index (Phi) is 5.02. The summed E-state index contributed by atoms with van der Waals surface area (Å²) in [4.78, 5) is 11.3. The summed E-state index contributed by atoms with van der Waals surface area (Å²) in [6.45, 7) is 0. The molecule has 2 rings (SSSR count). The molecule has 0 amide bonds. The first-order valence-electron chi connectivity index (χ1n) is 6.44. The molecule has 3 nitrogen and oxygen atoms in total. The molecule has 2 aromatic rings. The molecule has 2 N–H and O–H groups in total. The molecule has 0 aliphatic carbocycles. The van der Waals surface area contributed by atoms with Crippen LogP contribution in [0.5, 0.6) is 0 Å². The summed E-state index contributed by atoms with van der Waals surface area (Å²) in [6.07, 6.45) is 1.25. The molecule has 0 aliphatic rings. The SMILES string of the molecule is O=C(O)C(CCc1ccccc1)Nc1ccc(Cl)cc1. The van der Waals surface area contributed by atoms with Gasteiger partial charge in [0.15, 0.2) is 0 Å². The molecule has 20 heavy (non-hydrogen) atoms. The van der Waals surface area contributed by atoms with Crippen LogP contribution in [-0.4, -0.2) is 17.1 Å². The van der Waals surface area contributed by atoms with E-state index in [0.717, 1.165) is 17.7 Å². The van der Waals surface area contributed by atoms with Crippen molar-refractivity contribution in [2.45, 2.75) is 18.9 Å². The van der Waals surface area contributed by atoms with Gasteiger partial charge >= 0.3 is 5.97 Å². The number of hydrogen-bond donors (Lipinski definition) is 2. The van der Waals surface area contributed by atoms with Crippen molar-refractivity contribution in [2.24, 2.45) is 0 Å². The zero-order valence-corrected chi connectivity index (χ0v) is 11.7. The molecule has 0 saturated heterocycles. The van der Waals surface area contributed by atoms with Crippen LogP contribution >= 0.6 is 11.6 Å². The van der Waals surface area contributed by atoms with E-state index in [-0.39, 0.29) is 0 Å². The maximum absolute atomic E-state index is 11.3. The molecular weight excluding hydrogens is 274 g/mol. The molecule has 0 aliphatic heterocycles. The normalized spacial score (nSPS) is 11.8. The zero-order valence-electron chi connectivity index (χ0n) is 10.9. The van der Waals surface area contributed by atoms with E-state index in [1.807, 2.05) is 30.3 Å². The Morgan fingerprint density at radius 2 is 1.75 bits per heavy atom. The van der Waals surface area contributed by atoms with E-state index < -0.39 is 12.0 Å². The molecule has 0 heterocycles. The lowest BCUT2D eigenvalue weighted by molar-refractivity contribution is -0.138. The second-order valence-electron chi connectivity index (χ2n) is 4.57. The number of carboxylic acids is 1. The largest absolute Gasteiger partial charge is 0.480 e. The van der Waals surface area contributed by atoms with Crippen molar-refractivity contribution in [2.75, 3.05) is 5.32 Å². The highest BCUT2D eigenvalue weighted by molar-refractivity contribution is 6.30. The van der Waals surface area contributed by atoms with E-state index in [9.17, 15) is 9.90 Å². The maximum Gasteiger partial charge on any atom is 0.326 e. The fraction of sp³-hybridized carbons (Fsp3) is 0.188. The monoisotopic (exact) mass is 289 g/mol. The second kappa shape index (κ2) is 6.96. The first kappa shape index (κ1) is 14.4. The first-order valence-corrected chi connectivity index (χ1v) is 6.82. The Labute approximate surface area is 123 Å². The summed E-state index contributed by atoms with van der Waals surface area (Å²) in [5.74, 6) is -0.851. The highest BCUT2D eigenvalue weighted by Gasteiger charge is 2.16. The number of hydrogen-bond acceptors (Lipinski definition) is 2. The number of nitrogens with one attached hydrogen (secondary N) is 1. The molecule has 2 aromatic carbocycles. The minimum absolute atomic E-state index is 0.530. The fourth-order valence-electron chi connectivity index (χ4n) is 1.96. The van der Waals surface area contributed by atoms with Crippen molar-refractivity contribution in [1.82, 2.24) is 0 Å². The lowest BCUT2D eigenvalue weighted by atomic mass is 10.1. The van der Waals surface area contributed by atoms with E-state index in [0.29, 0.717) is 11.4 Å². The summed E-state index contributed by atoms with van der Waals surface area (Å²) in [5, 5.41) is 12.9. The second-order valence-corrected chi connectivity index (χ2v) is 5.00. The average Bonchev–Trinajstić information content (AvgIpc) is 2.46. The van der Waals surface area contributed by atoms with Crippen LogP contribution in [0, 0.1) is 0 Å². The van der Waals surface area contributed by atoms with Gasteiger partial charge in [-0.15, -0.1) is 0 Å². The van der Waals surface area contributed by atoms with Crippen LogP contribution < -0.4 is 5.32 Å². The van der Waals surface area contributed by atoms with Crippen molar-refractivity contribution >= 4 is 23.3 Å². The molecule has 104 valence electrons. The van der Waals surface area contributed by atoms with Gasteiger partial charge in [-0.25, -0.2) is 4.79 Å². The third-order valence-corrected chi connectivity index (χ3v) is 3.30. The summed E-state index contributed by atoms with van der Waals surface area (Å²) >= 11 is 5.81. The lowest BCUT2D eigenvalue weighted by Crippen LogP contribution is -2.29. The Balaban J connectivity index is 1.97. The van der Waals surface area contributed by atoms with E-state index in [4.69, 9.17) is 11.6 Å². The Bertz CT molecular complexity index is 554. The summed E-state index contributed by atoms with van der Waals surface area (Å²) in [7, 11) is 0. The van der Waals surface area contributed by atoms with Gasteiger partial charge in [-0.1, -0.05) is 41.9 Å². The molecular formula is C16H16ClNO2. The van der Waals surface area contributed by atoms with Crippen LogP contribution in [0.4, 0.5) is 5.69 Å². The Morgan fingerprint density at radius 1 is 1.10 bits per heavy atom. The minimum atomic E-state index is -0.851. The van der Waals surface area contributed by atoms with Crippen molar-refractivity contribution in [3.63, 3.8) is 0 Å². The molecule has 4 heteroatoms. The maximum atomic E-state index is 11.3. The van der Waals surface area contributed by atoms with Crippen molar-refractivity contribution < 1.29 is 9.90 Å². The van der Waals surface area contributed by atoms with Gasteiger partial charge in [-0.3, -0.25) is 0 Å². The summed E-state index contributed by atoms with van der Waals surface area (Å²) in [5.41, 5.74) is 1.89. The highest BCUT2D eigenvalue weighted by Crippen LogP contribution is 2.16. The number of benzene rings is 2. The highest BCUT2D eigenvalue weighted by atomic mass is 35.5. The minimum Gasteiger partial charge on any atom is -0.480 e. The van der Waals surface area contributed by atoms with E-state index in [2.05, 4.69) is 5.32 Å². The predicted molar refractivity (Wildman–Crippen MR) is 81.3 cm³/mol. The topological polar surface area (TPSA) is 49.3 Å². The molecule has 0 saturated carbocycles. The van der Waals surface area contributed by atoms with Gasteiger partial charge in [0.2, 0.25) is 0 Å². The summed E-state index contributed by atoms with van der Waals surface area (Å²) in [6, 6.07) is 16.3. The van der Waals surface area contributed by atoms with Crippen LogP contribution in [0.15, 0.2) is 54.6 Å². The number of carboxylic acid groups (broad SMARTS) is 1. The van der Waals surface area contributed by atoms with Crippen LogP contribution in [0.25, 0.3) is 0 Å². The van der Waals surface area contributed by atoms with E-state index in [1.54, 1.807) is 24.3 Å². The van der Waals surface area contributed by atoms with E-state index >= 15 is 0 Å². The molecule has 1 atom stereocenters. The number of anilines is 1. The summed E-state index contributed by atoms with van der Waals surface area (Å²) < 4.78 is 0. The van der Waals surface area contributed by atoms with Gasteiger partial charge in [0.05, 0.1) is 0 Å². The molecule has 1 unspecified atom stereocenters. The number of aliphatic carboxylic acids is 1. The van der Waals surface area contributed by atoms with Crippen molar-refractivity contribution in [3.8, 4) is 0 Å².